The molecule has 0 aliphatic carbocycles. The van der Waals surface area contributed by atoms with Crippen LogP contribution < -0.4 is 0 Å². The summed E-state index contributed by atoms with van der Waals surface area (Å²) in [6.07, 6.45) is 12.8. The lowest BCUT2D eigenvalue weighted by Gasteiger charge is -2.22. The summed E-state index contributed by atoms with van der Waals surface area (Å²) in [5.41, 5.74) is 0. The molecule has 1 unspecified atom stereocenters. The van der Waals surface area contributed by atoms with Gasteiger partial charge in [-0.2, -0.15) is 0 Å². The van der Waals surface area contributed by atoms with Gasteiger partial charge in [0, 0.05) is 0 Å². The molecule has 0 fully saturated rings. The maximum absolute atomic E-state index is 2.39. The Labute approximate surface area is 92.3 Å². The van der Waals surface area contributed by atoms with Crippen molar-refractivity contribution >= 4 is 7.85 Å². The van der Waals surface area contributed by atoms with Crippen LogP contribution in [0.2, 0.25) is 5.31 Å². The van der Waals surface area contributed by atoms with Gasteiger partial charge < -0.3 is 0 Å². The summed E-state index contributed by atoms with van der Waals surface area (Å²) in [6.45, 7) is 6.98. The van der Waals surface area contributed by atoms with Crippen LogP contribution in [-0.2, 0) is 0 Å². The quantitative estimate of drug-likeness (QED) is 0.380. The molecule has 84 valence electrons. The lowest BCUT2D eigenvalue weighted by molar-refractivity contribution is 0.489. The fourth-order valence-electron chi connectivity index (χ4n) is 1.74. The molecule has 0 amide bonds. The summed E-state index contributed by atoms with van der Waals surface area (Å²) >= 11 is 0. The SMILES string of the molecule is BC(C)(CC)CCCCCCCCC. The van der Waals surface area contributed by atoms with Gasteiger partial charge in [-0.3, -0.25) is 0 Å². The number of rotatable bonds is 9. The smallest absolute Gasteiger partial charge is 0.0669 e. The average molecular weight is 196 g/mol. The van der Waals surface area contributed by atoms with Gasteiger partial charge in [-0.1, -0.05) is 83.9 Å². The van der Waals surface area contributed by atoms with E-state index < -0.39 is 0 Å². The minimum Gasteiger partial charge on any atom is -0.0669 e. The molecule has 1 heteroatoms. The highest BCUT2D eigenvalue weighted by Gasteiger charge is 2.13. The third-order valence-electron chi connectivity index (χ3n) is 3.41. The zero-order valence-electron chi connectivity index (χ0n) is 10.9. The van der Waals surface area contributed by atoms with E-state index in [1.165, 1.54) is 57.8 Å². The van der Waals surface area contributed by atoms with Crippen molar-refractivity contribution in [2.75, 3.05) is 0 Å². The Bertz CT molecular complexity index is 118. The first kappa shape index (κ1) is 14.1. The fourth-order valence-corrected chi connectivity index (χ4v) is 1.74. The number of unbranched alkanes of at least 4 members (excludes halogenated alkanes) is 6. The molecule has 0 N–H and O–H groups in total. The monoisotopic (exact) mass is 196 g/mol. The van der Waals surface area contributed by atoms with Crippen molar-refractivity contribution < 1.29 is 0 Å². The predicted molar refractivity (Wildman–Crippen MR) is 69.8 cm³/mol. The van der Waals surface area contributed by atoms with E-state index in [-0.39, 0.29) is 0 Å². The van der Waals surface area contributed by atoms with Gasteiger partial charge in [0.05, 0.1) is 0 Å². The molecule has 0 radical (unpaired) electrons. The molecule has 0 aromatic carbocycles. The van der Waals surface area contributed by atoms with Crippen molar-refractivity contribution in [1.29, 1.82) is 0 Å². The Morgan fingerprint density at radius 1 is 0.857 bits per heavy atom. The maximum atomic E-state index is 2.39. The van der Waals surface area contributed by atoms with E-state index >= 15 is 0 Å². The predicted octanol–water partition coefficient (Wildman–Crippen LogP) is 4.35. The highest BCUT2D eigenvalue weighted by Crippen LogP contribution is 2.31. The second-order valence-electron chi connectivity index (χ2n) is 5.39. The maximum Gasteiger partial charge on any atom is 0.109 e. The van der Waals surface area contributed by atoms with Gasteiger partial charge in [-0.25, -0.2) is 0 Å². The largest absolute Gasteiger partial charge is 0.109 e. The molecule has 0 saturated heterocycles. The van der Waals surface area contributed by atoms with Crippen LogP contribution in [-0.4, -0.2) is 7.85 Å². The van der Waals surface area contributed by atoms with Gasteiger partial charge in [0.1, 0.15) is 7.85 Å². The molecule has 0 heterocycles. The van der Waals surface area contributed by atoms with Crippen LogP contribution in [0.25, 0.3) is 0 Å². The molecular weight excluding hydrogens is 167 g/mol. The first-order valence-corrected chi connectivity index (χ1v) is 6.62. The van der Waals surface area contributed by atoms with Crippen molar-refractivity contribution in [3.8, 4) is 0 Å². The minimum atomic E-state index is 0.587. The zero-order chi connectivity index (χ0) is 10.9. The number of hydrogen-bond donors (Lipinski definition) is 0. The third-order valence-corrected chi connectivity index (χ3v) is 3.41. The first-order chi connectivity index (χ1) is 6.62. The van der Waals surface area contributed by atoms with E-state index in [4.69, 9.17) is 0 Å². The van der Waals surface area contributed by atoms with Gasteiger partial charge in [0.25, 0.3) is 0 Å². The molecule has 0 aromatic rings. The van der Waals surface area contributed by atoms with Crippen molar-refractivity contribution in [2.45, 2.75) is 83.9 Å². The summed E-state index contributed by atoms with van der Waals surface area (Å²) in [5, 5.41) is 0.587. The Kier molecular flexibility index (Phi) is 8.42. The van der Waals surface area contributed by atoms with E-state index in [2.05, 4.69) is 28.6 Å². The zero-order valence-corrected chi connectivity index (χ0v) is 10.9. The second-order valence-corrected chi connectivity index (χ2v) is 5.39. The summed E-state index contributed by atoms with van der Waals surface area (Å²) in [4.78, 5) is 0. The van der Waals surface area contributed by atoms with Crippen LogP contribution >= 0.6 is 0 Å². The van der Waals surface area contributed by atoms with Crippen LogP contribution in [0.3, 0.4) is 0 Å². The standard InChI is InChI=1S/C13H29B/c1-4-6-7-8-9-10-11-12-13(3,14)5-2/h4-12,14H2,1-3H3. The van der Waals surface area contributed by atoms with Crippen molar-refractivity contribution in [3.05, 3.63) is 0 Å². The molecular formula is C13H29B. The van der Waals surface area contributed by atoms with E-state index in [0.29, 0.717) is 5.31 Å². The molecule has 0 rings (SSSR count). The molecule has 0 saturated carbocycles. The summed E-state index contributed by atoms with van der Waals surface area (Å²) in [5.74, 6) is 0. The highest BCUT2D eigenvalue weighted by atomic mass is 14.1. The lowest BCUT2D eigenvalue weighted by Crippen LogP contribution is -2.05. The molecule has 14 heavy (non-hydrogen) atoms. The summed E-state index contributed by atoms with van der Waals surface area (Å²) < 4.78 is 0. The van der Waals surface area contributed by atoms with Gasteiger partial charge >= 0.3 is 0 Å². The summed E-state index contributed by atoms with van der Waals surface area (Å²) in [7, 11) is 2.39. The Hall–Kier alpha value is 0.0649. The lowest BCUT2D eigenvalue weighted by atomic mass is 9.65. The van der Waals surface area contributed by atoms with Gasteiger partial charge in [0.2, 0.25) is 0 Å². The van der Waals surface area contributed by atoms with E-state index in [9.17, 15) is 0 Å². The van der Waals surface area contributed by atoms with Crippen LogP contribution in [0.5, 0.6) is 0 Å². The molecule has 0 nitrogen and oxygen atoms in total. The Morgan fingerprint density at radius 3 is 1.86 bits per heavy atom. The molecule has 0 spiro atoms. The molecule has 0 aromatic heterocycles. The number of hydrogen-bond acceptors (Lipinski definition) is 0. The van der Waals surface area contributed by atoms with E-state index in [0.717, 1.165) is 0 Å². The highest BCUT2D eigenvalue weighted by molar-refractivity contribution is 6.14. The average Bonchev–Trinajstić information content (AvgIpc) is 2.16. The van der Waals surface area contributed by atoms with Crippen LogP contribution in [0.15, 0.2) is 0 Å². The molecule has 1 atom stereocenters. The van der Waals surface area contributed by atoms with Crippen LogP contribution in [0.4, 0.5) is 0 Å². The van der Waals surface area contributed by atoms with Gasteiger partial charge in [0.15, 0.2) is 0 Å². The second kappa shape index (κ2) is 8.38. The molecule has 0 aliphatic heterocycles. The van der Waals surface area contributed by atoms with Gasteiger partial charge in [-0.15, -0.1) is 0 Å². The topological polar surface area (TPSA) is 0 Å². The first-order valence-electron chi connectivity index (χ1n) is 6.62. The molecule has 0 aliphatic rings. The van der Waals surface area contributed by atoms with Crippen molar-refractivity contribution in [3.63, 3.8) is 0 Å². The van der Waals surface area contributed by atoms with Crippen molar-refractivity contribution in [2.24, 2.45) is 0 Å². The van der Waals surface area contributed by atoms with Crippen molar-refractivity contribution in [1.82, 2.24) is 0 Å². The van der Waals surface area contributed by atoms with E-state index in [1.807, 2.05) is 0 Å². The minimum absolute atomic E-state index is 0.587. The fraction of sp³-hybridized carbons (Fsp3) is 1.00. The molecule has 0 bridgehead atoms. The Balaban J connectivity index is 3.13. The van der Waals surface area contributed by atoms with Crippen LogP contribution in [0.1, 0.15) is 78.6 Å². The van der Waals surface area contributed by atoms with E-state index in [1.54, 1.807) is 0 Å². The summed E-state index contributed by atoms with van der Waals surface area (Å²) in [6, 6.07) is 0. The van der Waals surface area contributed by atoms with Gasteiger partial charge in [-0.05, 0) is 0 Å². The Morgan fingerprint density at radius 2 is 1.36 bits per heavy atom. The van der Waals surface area contributed by atoms with Crippen LogP contribution in [0, 0.1) is 0 Å². The third kappa shape index (κ3) is 8.65. The normalized spacial score (nSPS) is 15.4.